The molecule has 2 heterocycles. The van der Waals surface area contributed by atoms with Crippen molar-refractivity contribution < 1.29 is 0 Å². The molecule has 6 nitrogen and oxygen atoms in total. The van der Waals surface area contributed by atoms with E-state index in [4.69, 9.17) is 15.0 Å². The Bertz CT molecular complexity index is 2740. The second-order valence-electron chi connectivity index (χ2n) is 12.2. The number of hydrogen-bond donors (Lipinski definition) is 0. The van der Waals surface area contributed by atoms with Crippen molar-refractivity contribution >= 4 is 43.4 Å². The third kappa shape index (κ3) is 4.42. The average Bonchev–Trinajstić information content (AvgIpc) is 3.37. The first-order valence-corrected chi connectivity index (χ1v) is 15.9. The Hall–Kier alpha value is -6.40. The van der Waals surface area contributed by atoms with Gasteiger partial charge in [-0.3, -0.25) is 9.13 Å². The van der Waals surface area contributed by atoms with Gasteiger partial charge in [-0.1, -0.05) is 115 Å². The first kappa shape index (κ1) is 27.9. The molecule has 0 unspecified atom stereocenters. The Morgan fingerprint density at radius 2 is 0.833 bits per heavy atom. The van der Waals surface area contributed by atoms with Gasteiger partial charge in [0, 0.05) is 30.8 Å². The lowest BCUT2D eigenvalue weighted by atomic mass is 9.93. The fraction of sp³-hybridized carbons (Fsp3) is 0.0476. The number of imidazole rings is 1. The largest absolute Gasteiger partial charge is 0.328 e. The summed E-state index contributed by atoms with van der Waals surface area (Å²) in [6.07, 6.45) is 0. The second kappa shape index (κ2) is 10.9. The predicted octanol–water partition coefficient (Wildman–Crippen LogP) is 9.19. The van der Waals surface area contributed by atoms with E-state index in [1.54, 1.807) is 23.2 Å². The summed E-state index contributed by atoms with van der Waals surface area (Å²) < 4.78 is 3.35. The van der Waals surface area contributed by atoms with Gasteiger partial charge in [0.2, 0.25) is 0 Å². The van der Waals surface area contributed by atoms with Crippen LogP contribution in [0.3, 0.4) is 0 Å². The van der Waals surface area contributed by atoms with Gasteiger partial charge in [0.15, 0.2) is 17.5 Å². The summed E-state index contributed by atoms with van der Waals surface area (Å²) in [6.45, 7) is 0. The van der Waals surface area contributed by atoms with Crippen molar-refractivity contribution in [1.82, 2.24) is 24.1 Å². The molecule has 0 aliphatic carbocycles. The molecule has 48 heavy (non-hydrogen) atoms. The van der Waals surface area contributed by atoms with Crippen LogP contribution in [0, 0.1) is 0 Å². The molecule has 228 valence electrons. The first-order valence-electron chi connectivity index (χ1n) is 15.9. The monoisotopic (exact) mass is 619 g/mol. The molecule has 0 spiro atoms. The minimum atomic E-state index is -0.0445. The van der Waals surface area contributed by atoms with Crippen molar-refractivity contribution in [3.05, 3.63) is 150 Å². The molecule has 0 fully saturated rings. The lowest BCUT2D eigenvalue weighted by molar-refractivity contribution is 0.795. The number of aryl methyl sites for hydroxylation is 2. The van der Waals surface area contributed by atoms with Gasteiger partial charge in [0.25, 0.3) is 0 Å². The van der Waals surface area contributed by atoms with E-state index in [0.717, 1.165) is 44.2 Å². The molecule has 0 saturated carbocycles. The third-order valence-electron chi connectivity index (χ3n) is 9.40. The Kier molecular flexibility index (Phi) is 6.30. The van der Waals surface area contributed by atoms with Crippen LogP contribution in [0.4, 0.5) is 0 Å². The van der Waals surface area contributed by atoms with Crippen LogP contribution >= 0.6 is 0 Å². The molecule has 0 N–H and O–H groups in total. The van der Waals surface area contributed by atoms with Crippen LogP contribution in [0.1, 0.15) is 0 Å². The number of rotatable bonds is 4. The van der Waals surface area contributed by atoms with Crippen LogP contribution < -0.4 is 5.69 Å². The molecule has 0 atom stereocenters. The molecule has 9 rings (SSSR count). The zero-order chi connectivity index (χ0) is 32.4. The molecular formula is C42H29N5O. The topological polar surface area (TPSA) is 65.6 Å². The van der Waals surface area contributed by atoms with Crippen molar-refractivity contribution in [1.29, 1.82) is 0 Å². The molecule has 9 aromatic rings. The molecule has 0 amide bonds. The summed E-state index contributed by atoms with van der Waals surface area (Å²) in [4.78, 5) is 27.7. The molecule has 0 aliphatic rings. The van der Waals surface area contributed by atoms with E-state index >= 15 is 0 Å². The summed E-state index contributed by atoms with van der Waals surface area (Å²) in [5.41, 5.74) is 6.49. The Morgan fingerprint density at radius 3 is 1.50 bits per heavy atom. The zero-order valence-electron chi connectivity index (χ0n) is 26.4. The van der Waals surface area contributed by atoms with Crippen molar-refractivity contribution in [2.75, 3.05) is 0 Å². The first-order chi connectivity index (χ1) is 23.5. The minimum absolute atomic E-state index is 0.0445. The highest BCUT2D eigenvalue weighted by Crippen LogP contribution is 2.37. The van der Waals surface area contributed by atoms with Gasteiger partial charge < -0.3 is 0 Å². The maximum absolute atomic E-state index is 12.6. The van der Waals surface area contributed by atoms with Gasteiger partial charge >= 0.3 is 5.69 Å². The van der Waals surface area contributed by atoms with Gasteiger partial charge in [0.1, 0.15) is 0 Å². The maximum atomic E-state index is 12.6. The number of nitrogens with zero attached hydrogens (tertiary/aromatic N) is 5. The third-order valence-corrected chi connectivity index (χ3v) is 9.40. The van der Waals surface area contributed by atoms with Crippen molar-refractivity contribution in [3.8, 4) is 45.3 Å². The van der Waals surface area contributed by atoms with E-state index in [9.17, 15) is 4.79 Å². The molecule has 7 aromatic carbocycles. The quantitative estimate of drug-likeness (QED) is 0.184. The summed E-state index contributed by atoms with van der Waals surface area (Å²) in [6, 6.07) is 48.1. The van der Waals surface area contributed by atoms with Crippen molar-refractivity contribution in [2.45, 2.75) is 0 Å². The van der Waals surface area contributed by atoms with Gasteiger partial charge in [-0.25, -0.2) is 19.7 Å². The normalized spacial score (nSPS) is 11.6. The summed E-state index contributed by atoms with van der Waals surface area (Å²) in [7, 11) is 3.61. The fourth-order valence-corrected chi connectivity index (χ4v) is 6.92. The highest BCUT2D eigenvalue weighted by Gasteiger charge is 2.16. The average molecular weight is 620 g/mol. The highest BCUT2D eigenvalue weighted by molar-refractivity contribution is 6.25. The van der Waals surface area contributed by atoms with Crippen LogP contribution in [0.25, 0.3) is 88.6 Å². The van der Waals surface area contributed by atoms with Gasteiger partial charge in [0.05, 0.1) is 11.0 Å². The van der Waals surface area contributed by atoms with Gasteiger partial charge in [-0.15, -0.1) is 0 Å². The van der Waals surface area contributed by atoms with E-state index in [0.29, 0.717) is 17.5 Å². The Labute approximate surface area is 276 Å². The van der Waals surface area contributed by atoms with Crippen LogP contribution in [0.5, 0.6) is 0 Å². The molecular weight excluding hydrogens is 590 g/mol. The lowest BCUT2D eigenvalue weighted by Crippen LogP contribution is -2.19. The molecule has 6 heteroatoms. The van der Waals surface area contributed by atoms with Crippen molar-refractivity contribution in [2.24, 2.45) is 14.1 Å². The summed E-state index contributed by atoms with van der Waals surface area (Å²) in [5, 5.41) is 7.26. The number of hydrogen-bond acceptors (Lipinski definition) is 4. The van der Waals surface area contributed by atoms with Crippen LogP contribution in [-0.4, -0.2) is 24.1 Å². The van der Waals surface area contributed by atoms with Crippen LogP contribution in [-0.2, 0) is 14.1 Å². The highest BCUT2D eigenvalue weighted by atomic mass is 16.1. The van der Waals surface area contributed by atoms with E-state index in [2.05, 4.69) is 91.0 Å². The minimum Gasteiger partial charge on any atom is -0.295 e. The summed E-state index contributed by atoms with van der Waals surface area (Å²) >= 11 is 0. The predicted molar refractivity (Wildman–Crippen MR) is 196 cm³/mol. The van der Waals surface area contributed by atoms with Crippen LogP contribution in [0.2, 0.25) is 0 Å². The molecule has 0 aliphatic heterocycles. The van der Waals surface area contributed by atoms with Crippen molar-refractivity contribution in [3.63, 3.8) is 0 Å². The van der Waals surface area contributed by atoms with E-state index < -0.39 is 0 Å². The Balaban J connectivity index is 1.23. The smallest absolute Gasteiger partial charge is 0.295 e. The SMILES string of the molecule is Cn1c(=O)n(C)c2cc(-c3cccc(-c4nc(-c5ccccc5)nc(-c5ccc6c7ccccc7c7ccccc7c6c5)n4)c3)ccc21. The molecule has 0 radical (unpaired) electrons. The Morgan fingerprint density at radius 1 is 0.375 bits per heavy atom. The van der Waals surface area contributed by atoms with E-state index in [-0.39, 0.29) is 5.69 Å². The second-order valence-corrected chi connectivity index (χ2v) is 12.2. The van der Waals surface area contributed by atoms with Crippen LogP contribution in [0.15, 0.2) is 144 Å². The lowest BCUT2D eigenvalue weighted by Gasteiger charge is -2.13. The standard InChI is InChI=1S/C42H29N5O/c1-46-37-22-20-28(25-38(37)47(2)42(46)48)27-13-10-14-29(23-27)40-43-39(26-11-4-3-5-12-26)44-41(45-40)30-19-21-35-33-17-7-6-15-31(33)32-16-8-9-18-34(32)36(35)24-30/h3-25H,1-2H3. The summed E-state index contributed by atoms with van der Waals surface area (Å²) in [5.74, 6) is 1.83. The number of fused-ring (bicyclic) bond motifs is 7. The molecule has 0 bridgehead atoms. The zero-order valence-corrected chi connectivity index (χ0v) is 26.4. The van der Waals surface area contributed by atoms with Gasteiger partial charge in [-0.05, 0) is 67.7 Å². The number of benzene rings is 7. The van der Waals surface area contributed by atoms with E-state index in [1.807, 2.05) is 48.5 Å². The maximum Gasteiger partial charge on any atom is 0.328 e. The molecule has 0 saturated heterocycles. The number of aromatic nitrogens is 5. The van der Waals surface area contributed by atoms with E-state index in [1.165, 1.54) is 26.9 Å². The fourth-order valence-electron chi connectivity index (χ4n) is 6.92. The van der Waals surface area contributed by atoms with Gasteiger partial charge in [-0.2, -0.15) is 0 Å². The molecule has 2 aromatic heterocycles.